The molecule has 0 saturated carbocycles. The Morgan fingerprint density at radius 3 is 2.15 bits per heavy atom. The van der Waals surface area contributed by atoms with Crippen molar-refractivity contribution in [2.24, 2.45) is 0 Å². The Labute approximate surface area is 153 Å². The quantitative estimate of drug-likeness (QED) is 0.661. The van der Waals surface area contributed by atoms with Crippen LogP contribution in [0.2, 0.25) is 0 Å². The molecule has 1 aromatic heterocycles. The SMILES string of the molecule is COc1ccc(-n2ccc(C(=O)ON3C(=O)c4ccccc4C3=O)n2)cc1. The third-order valence-corrected chi connectivity index (χ3v) is 4.07. The van der Waals surface area contributed by atoms with Crippen LogP contribution in [-0.2, 0) is 4.84 Å². The smallest absolute Gasteiger partial charge is 0.384 e. The lowest BCUT2D eigenvalue weighted by Gasteiger charge is -2.11. The summed E-state index contributed by atoms with van der Waals surface area (Å²) in [5.74, 6) is -1.58. The Hall–Kier alpha value is -3.94. The summed E-state index contributed by atoms with van der Waals surface area (Å²) in [7, 11) is 1.57. The zero-order chi connectivity index (χ0) is 19.0. The summed E-state index contributed by atoms with van der Waals surface area (Å²) in [6.45, 7) is 0. The Kier molecular flexibility index (Phi) is 3.92. The van der Waals surface area contributed by atoms with Crippen LogP contribution in [0, 0.1) is 0 Å². The van der Waals surface area contributed by atoms with E-state index < -0.39 is 17.8 Å². The van der Waals surface area contributed by atoms with Gasteiger partial charge in [0.25, 0.3) is 11.8 Å². The largest absolute Gasteiger partial charge is 0.497 e. The predicted octanol–water partition coefficient (Wildman–Crippen LogP) is 2.25. The van der Waals surface area contributed by atoms with E-state index in [1.165, 1.54) is 22.9 Å². The first-order valence-electron chi connectivity index (χ1n) is 7.98. The number of hydrogen-bond acceptors (Lipinski definition) is 6. The summed E-state index contributed by atoms with van der Waals surface area (Å²) in [6.07, 6.45) is 1.57. The molecule has 0 spiro atoms. The summed E-state index contributed by atoms with van der Waals surface area (Å²) >= 11 is 0. The normalized spacial score (nSPS) is 12.9. The van der Waals surface area contributed by atoms with Crippen LogP contribution in [0.5, 0.6) is 5.75 Å². The zero-order valence-corrected chi connectivity index (χ0v) is 14.2. The van der Waals surface area contributed by atoms with Crippen LogP contribution in [0.3, 0.4) is 0 Å². The number of imide groups is 1. The fourth-order valence-corrected chi connectivity index (χ4v) is 2.69. The number of rotatable bonds is 4. The van der Waals surface area contributed by atoms with Crippen molar-refractivity contribution in [2.45, 2.75) is 0 Å². The molecule has 0 radical (unpaired) electrons. The van der Waals surface area contributed by atoms with Gasteiger partial charge in [-0.15, -0.1) is 0 Å². The van der Waals surface area contributed by atoms with E-state index >= 15 is 0 Å². The van der Waals surface area contributed by atoms with Crippen molar-refractivity contribution >= 4 is 17.8 Å². The summed E-state index contributed by atoms with van der Waals surface area (Å²) in [6, 6.07) is 14.8. The molecule has 0 atom stereocenters. The highest BCUT2D eigenvalue weighted by atomic mass is 16.7. The summed E-state index contributed by atoms with van der Waals surface area (Å²) in [4.78, 5) is 41.8. The topological polar surface area (TPSA) is 90.7 Å². The highest BCUT2D eigenvalue weighted by molar-refractivity contribution is 6.21. The molecule has 1 aliphatic rings. The van der Waals surface area contributed by atoms with Crippen molar-refractivity contribution in [1.82, 2.24) is 14.8 Å². The molecule has 27 heavy (non-hydrogen) atoms. The number of aromatic nitrogens is 2. The number of nitrogens with zero attached hydrogens (tertiary/aromatic N) is 3. The molecule has 2 amide bonds. The van der Waals surface area contributed by atoms with E-state index in [0.717, 1.165) is 0 Å². The number of methoxy groups -OCH3 is 1. The number of carbonyl (C=O) groups is 3. The van der Waals surface area contributed by atoms with Gasteiger partial charge in [-0.2, -0.15) is 5.10 Å². The minimum absolute atomic E-state index is 0.0395. The lowest BCUT2D eigenvalue weighted by atomic mass is 10.1. The Bertz CT molecular complexity index is 1020. The van der Waals surface area contributed by atoms with Gasteiger partial charge in [0.15, 0.2) is 5.69 Å². The van der Waals surface area contributed by atoms with Gasteiger partial charge in [0.2, 0.25) is 0 Å². The molecule has 0 aliphatic carbocycles. The fourth-order valence-electron chi connectivity index (χ4n) is 2.69. The van der Waals surface area contributed by atoms with Gasteiger partial charge < -0.3 is 9.57 Å². The zero-order valence-electron chi connectivity index (χ0n) is 14.2. The van der Waals surface area contributed by atoms with E-state index in [9.17, 15) is 14.4 Å². The standard InChI is InChI=1S/C19H13N3O5/c1-26-13-8-6-12(7-9-13)21-11-10-16(20-21)19(25)27-22-17(23)14-4-2-3-5-15(14)18(22)24/h2-11H,1H3. The summed E-state index contributed by atoms with van der Waals surface area (Å²) < 4.78 is 6.57. The number of fused-ring (bicyclic) bond motifs is 1. The maximum Gasteiger partial charge on any atom is 0.384 e. The molecule has 2 heterocycles. The van der Waals surface area contributed by atoms with Crippen LogP contribution in [0.4, 0.5) is 0 Å². The maximum atomic E-state index is 12.3. The Morgan fingerprint density at radius 1 is 0.926 bits per heavy atom. The minimum atomic E-state index is -0.906. The van der Waals surface area contributed by atoms with Crippen molar-refractivity contribution < 1.29 is 24.0 Å². The van der Waals surface area contributed by atoms with E-state index in [2.05, 4.69) is 5.10 Å². The van der Waals surface area contributed by atoms with Crippen LogP contribution >= 0.6 is 0 Å². The molecule has 0 saturated heterocycles. The number of ether oxygens (including phenoxy) is 1. The number of carbonyl (C=O) groups excluding carboxylic acids is 3. The van der Waals surface area contributed by atoms with Crippen LogP contribution in [0.15, 0.2) is 60.8 Å². The van der Waals surface area contributed by atoms with Gasteiger partial charge in [0.1, 0.15) is 5.75 Å². The van der Waals surface area contributed by atoms with E-state index in [1.807, 2.05) is 0 Å². The lowest BCUT2D eigenvalue weighted by Crippen LogP contribution is -2.32. The van der Waals surface area contributed by atoms with Gasteiger partial charge in [-0.05, 0) is 42.5 Å². The van der Waals surface area contributed by atoms with Gasteiger partial charge in [-0.25, -0.2) is 9.48 Å². The van der Waals surface area contributed by atoms with Gasteiger partial charge in [0, 0.05) is 6.20 Å². The molecule has 8 heteroatoms. The maximum absolute atomic E-state index is 12.3. The molecule has 1 aliphatic heterocycles. The third kappa shape index (κ3) is 2.82. The van der Waals surface area contributed by atoms with Crippen LogP contribution in [0.25, 0.3) is 5.69 Å². The molecule has 8 nitrogen and oxygen atoms in total. The Balaban J connectivity index is 1.52. The van der Waals surface area contributed by atoms with E-state index in [4.69, 9.17) is 9.57 Å². The van der Waals surface area contributed by atoms with Crippen molar-refractivity contribution in [3.8, 4) is 11.4 Å². The average molecular weight is 363 g/mol. The monoisotopic (exact) mass is 363 g/mol. The van der Waals surface area contributed by atoms with E-state index in [1.54, 1.807) is 49.7 Å². The average Bonchev–Trinajstić information content (AvgIpc) is 3.29. The van der Waals surface area contributed by atoms with Crippen molar-refractivity contribution in [3.05, 3.63) is 77.6 Å². The summed E-state index contributed by atoms with van der Waals surface area (Å²) in [5.41, 5.74) is 1.05. The fraction of sp³-hybridized carbons (Fsp3) is 0.0526. The molecule has 0 N–H and O–H groups in total. The van der Waals surface area contributed by atoms with Gasteiger partial charge in [-0.1, -0.05) is 17.2 Å². The first kappa shape index (κ1) is 16.5. The first-order chi connectivity index (χ1) is 13.1. The number of benzene rings is 2. The molecule has 134 valence electrons. The predicted molar refractivity (Wildman–Crippen MR) is 92.5 cm³/mol. The molecule has 2 aromatic carbocycles. The minimum Gasteiger partial charge on any atom is -0.497 e. The molecular weight excluding hydrogens is 350 g/mol. The number of amides is 2. The first-order valence-corrected chi connectivity index (χ1v) is 7.98. The van der Waals surface area contributed by atoms with Crippen LogP contribution in [0.1, 0.15) is 31.2 Å². The third-order valence-electron chi connectivity index (χ3n) is 4.07. The highest BCUT2D eigenvalue weighted by Crippen LogP contribution is 2.23. The van der Waals surface area contributed by atoms with E-state index in [-0.39, 0.29) is 16.8 Å². The number of hydrogen-bond donors (Lipinski definition) is 0. The van der Waals surface area contributed by atoms with Gasteiger partial charge in [-0.3, -0.25) is 9.59 Å². The van der Waals surface area contributed by atoms with E-state index in [0.29, 0.717) is 16.5 Å². The molecule has 0 unspecified atom stereocenters. The van der Waals surface area contributed by atoms with Gasteiger partial charge >= 0.3 is 5.97 Å². The molecular formula is C19H13N3O5. The van der Waals surface area contributed by atoms with Crippen molar-refractivity contribution in [1.29, 1.82) is 0 Å². The molecule has 0 bridgehead atoms. The lowest BCUT2D eigenvalue weighted by molar-refractivity contribution is -0.0588. The van der Waals surface area contributed by atoms with Crippen molar-refractivity contribution in [2.75, 3.05) is 7.11 Å². The van der Waals surface area contributed by atoms with Crippen LogP contribution < -0.4 is 4.74 Å². The highest BCUT2D eigenvalue weighted by Gasteiger charge is 2.39. The second kappa shape index (κ2) is 6.41. The Morgan fingerprint density at radius 2 is 1.56 bits per heavy atom. The second-order valence-corrected chi connectivity index (χ2v) is 5.67. The van der Waals surface area contributed by atoms with Crippen molar-refractivity contribution in [3.63, 3.8) is 0 Å². The van der Waals surface area contributed by atoms with Gasteiger partial charge in [0.05, 0.1) is 23.9 Å². The molecule has 0 fully saturated rings. The molecule has 3 aromatic rings. The summed E-state index contributed by atoms with van der Waals surface area (Å²) in [5, 5.41) is 4.59. The second-order valence-electron chi connectivity index (χ2n) is 5.67. The number of hydroxylamine groups is 2. The molecule has 4 rings (SSSR count). The van der Waals surface area contributed by atoms with Crippen LogP contribution in [-0.4, -0.2) is 39.7 Å².